The van der Waals surface area contributed by atoms with Gasteiger partial charge in [-0.25, -0.2) is 4.39 Å². The van der Waals surface area contributed by atoms with Crippen LogP contribution in [0.15, 0.2) is 18.2 Å². The lowest BCUT2D eigenvalue weighted by Crippen LogP contribution is -2.20. The highest BCUT2D eigenvalue weighted by Gasteiger charge is 2.15. The number of methoxy groups -OCH3 is 1. The summed E-state index contributed by atoms with van der Waals surface area (Å²) >= 11 is 0. The van der Waals surface area contributed by atoms with Crippen molar-refractivity contribution in [3.63, 3.8) is 0 Å². The van der Waals surface area contributed by atoms with Crippen LogP contribution in [0.4, 0.5) is 4.39 Å². The van der Waals surface area contributed by atoms with E-state index in [1.807, 2.05) is 20.8 Å². The summed E-state index contributed by atoms with van der Waals surface area (Å²) in [5, 5.41) is 0. The average Bonchev–Trinajstić information content (AvgIpc) is 2.48. The first kappa shape index (κ1) is 18.9. The number of benzene rings is 1. The Labute approximate surface area is 135 Å². The molecule has 6 heteroatoms. The summed E-state index contributed by atoms with van der Waals surface area (Å²) < 4.78 is 28.3. The van der Waals surface area contributed by atoms with E-state index in [1.54, 1.807) is 0 Å². The maximum absolute atomic E-state index is 13.1. The molecule has 0 amide bonds. The van der Waals surface area contributed by atoms with Gasteiger partial charge in [0.05, 0.1) is 7.11 Å². The highest BCUT2D eigenvalue weighted by atomic mass is 19.1. The number of rotatable bonds is 8. The van der Waals surface area contributed by atoms with Crippen LogP contribution in [0.3, 0.4) is 0 Å². The molecule has 0 saturated heterocycles. The first-order valence-electron chi connectivity index (χ1n) is 7.57. The predicted octanol–water partition coefficient (Wildman–Crippen LogP) is 3.50. The molecule has 0 bridgehead atoms. The summed E-state index contributed by atoms with van der Waals surface area (Å²) in [5.74, 6) is -0.796. The second-order valence-electron chi connectivity index (χ2n) is 5.56. The lowest BCUT2D eigenvalue weighted by atomic mass is 10.1. The van der Waals surface area contributed by atoms with Gasteiger partial charge in [0.2, 0.25) is 0 Å². The molecule has 0 N–H and O–H groups in total. The van der Waals surface area contributed by atoms with Crippen LogP contribution in [0.2, 0.25) is 0 Å². The Bertz CT molecular complexity index is 542. The third-order valence-corrected chi connectivity index (χ3v) is 3.37. The van der Waals surface area contributed by atoms with Crippen molar-refractivity contribution in [2.45, 2.75) is 46.1 Å². The Morgan fingerprint density at radius 2 is 1.74 bits per heavy atom. The fraction of sp³-hybridized carbons (Fsp3) is 0.529. The van der Waals surface area contributed by atoms with E-state index in [0.29, 0.717) is 6.42 Å². The maximum Gasteiger partial charge on any atom is 0.311 e. The zero-order chi connectivity index (χ0) is 17.4. The van der Waals surface area contributed by atoms with Crippen LogP contribution in [-0.4, -0.2) is 25.2 Å². The van der Waals surface area contributed by atoms with E-state index in [-0.39, 0.29) is 42.3 Å². The number of esters is 2. The lowest BCUT2D eigenvalue weighted by Gasteiger charge is -2.16. The van der Waals surface area contributed by atoms with Crippen LogP contribution in [-0.2, 0) is 14.3 Å². The van der Waals surface area contributed by atoms with E-state index in [1.165, 1.54) is 19.2 Å². The van der Waals surface area contributed by atoms with Crippen LogP contribution >= 0.6 is 0 Å². The van der Waals surface area contributed by atoms with Gasteiger partial charge in [-0.3, -0.25) is 9.59 Å². The topological polar surface area (TPSA) is 61.8 Å². The molecule has 0 heterocycles. The molecule has 0 aliphatic carbocycles. The molecular weight excluding hydrogens is 303 g/mol. The van der Waals surface area contributed by atoms with Gasteiger partial charge in [-0.2, -0.15) is 0 Å². The Kier molecular flexibility index (Phi) is 7.51. The molecule has 1 atom stereocenters. The normalized spacial score (nSPS) is 11.9. The van der Waals surface area contributed by atoms with E-state index < -0.39 is 11.8 Å². The Morgan fingerprint density at radius 3 is 2.35 bits per heavy atom. The van der Waals surface area contributed by atoms with Crippen molar-refractivity contribution in [1.29, 1.82) is 0 Å². The average molecular weight is 326 g/mol. The molecule has 0 aliphatic heterocycles. The van der Waals surface area contributed by atoms with E-state index in [9.17, 15) is 14.0 Å². The third-order valence-electron chi connectivity index (χ3n) is 3.37. The van der Waals surface area contributed by atoms with E-state index in [2.05, 4.69) is 0 Å². The summed E-state index contributed by atoms with van der Waals surface area (Å²) in [7, 11) is 1.36. The van der Waals surface area contributed by atoms with Gasteiger partial charge in [-0.1, -0.05) is 13.8 Å². The lowest BCUT2D eigenvalue weighted by molar-refractivity contribution is -0.150. The number of ether oxygens (including phenoxy) is 3. The van der Waals surface area contributed by atoms with Crippen LogP contribution in [0, 0.1) is 11.7 Å². The smallest absolute Gasteiger partial charge is 0.311 e. The number of carbonyl (C=O) groups is 2. The quantitative estimate of drug-likeness (QED) is 0.540. The SMILES string of the molecule is COc1cc(F)ccc1OC(=O)CCCC(=O)OC(C)C(C)C. The van der Waals surface area contributed by atoms with Crippen molar-refractivity contribution in [3.05, 3.63) is 24.0 Å². The monoisotopic (exact) mass is 326 g/mol. The highest BCUT2D eigenvalue weighted by molar-refractivity contribution is 5.75. The molecule has 23 heavy (non-hydrogen) atoms. The van der Waals surface area contributed by atoms with Crippen molar-refractivity contribution >= 4 is 11.9 Å². The van der Waals surface area contributed by atoms with Gasteiger partial charge in [-0.05, 0) is 31.4 Å². The van der Waals surface area contributed by atoms with Crippen LogP contribution in [0.25, 0.3) is 0 Å². The molecule has 1 aromatic carbocycles. The van der Waals surface area contributed by atoms with Crippen molar-refractivity contribution in [2.24, 2.45) is 5.92 Å². The van der Waals surface area contributed by atoms with Gasteiger partial charge >= 0.3 is 11.9 Å². The maximum atomic E-state index is 13.1. The zero-order valence-electron chi connectivity index (χ0n) is 13.9. The molecule has 5 nitrogen and oxygen atoms in total. The molecule has 1 rings (SSSR count). The summed E-state index contributed by atoms with van der Waals surface area (Å²) in [6, 6.07) is 3.63. The molecular formula is C17H23FO5. The zero-order valence-corrected chi connectivity index (χ0v) is 13.9. The van der Waals surface area contributed by atoms with E-state index >= 15 is 0 Å². The molecule has 1 aromatic rings. The van der Waals surface area contributed by atoms with E-state index in [4.69, 9.17) is 14.2 Å². The van der Waals surface area contributed by atoms with Crippen LogP contribution in [0.1, 0.15) is 40.0 Å². The predicted molar refractivity (Wildman–Crippen MR) is 82.8 cm³/mol. The fourth-order valence-corrected chi connectivity index (χ4v) is 1.68. The Morgan fingerprint density at radius 1 is 1.09 bits per heavy atom. The van der Waals surface area contributed by atoms with Crippen LogP contribution < -0.4 is 9.47 Å². The number of hydrogen-bond acceptors (Lipinski definition) is 5. The number of halogens is 1. The second kappa shape index (κ2) is 9.12. The molecule has 0 fully saturated rings. The van der Waals surface area contributed by atoms with Crippen molar-refractivity contribution < 1.29 is 28.2 Å². The Balaban J connectivity index is 2.39. The van der Waals surface area contributed by atoms with Gasteiger partial charge in [0, 0.05) is 18.9 Å². The van der Waals surface area contributed by atoms with Gasteiger partial charge in [0.1, 0.15) is 11.9 Å². The molecule has 128 valence electrons. The Hall–Kier alpha value is -2.11. The molecule has 0 aromatic heterocycles. The van der Waals surface area contributed by atoms with Crippen molar-refractivity contribution in [1.82, 2.24) is 0 Å². The fourth-order valence-electron chi connectivity index (χ4n) is 1.68. The van der Waals surface area contributed by atoms with Gasteiger partial charge in [0.25, 0.3) is 0 Å². The third kappa shape index (κ3) is 6.67. The molecule has 0 radical (unpaired) electrons. The molecule has 0 saturated carbocycles. The summed E-state index contributed by atoms with van der Waals surface area (Å²) in [6.45, 7) is 5.76. The van der Waals surface area contributed by atoms with E-state index in [0.717, 1.165) is 6.07 Å². The van der Waals surface area contributed by atoms with Gasteiger partial charge < -0.3 is 14.2 Å². The minimum Gasteiger partial charge on any atom is -0.493 e. The first-order chi connectivity index (χ1) is 10.8. The second-order valence-corrected chi connectivity index (χ2v) is 5.56. The number of hydrogen-bond donors (Lipinski definition) is 0. The minimum absolute atomic E-state index is 0.0612. The van der Waals surface area contributed by atoms with Crippen molar-refractivity contribution in [3.8, 4) is 11.5 Å². The summed E-state index contributed by atoms with van der Waals surface area (Å²) in [6.07, 6.45) is 0.377. The molecule has 1 unspecified atom stereocenters. The molecule has 0 spiro atoms. The highest BCUT2D eigenvalue weighted by Crippen LogP contribution is 2.27. The number of carbonyl (C=O) groups excluding carboxylic acids is 2. The van der Waals surface area contributed by atoms with Gasteiger partial charge in [-0.15, -0.1) is 0 Å². The largest absolute Gasteiger partial charge is 0.493 e. The standard InChI is InChI=1S/C17H23FO5/c1-11(2)12(3)22-16(19)6-5-7-17(20)23-14-9-8-13(18)10-15(14)21-4/h8-12H,5-7H2,1-4H3. The minimum atomic E-state index is -0.514. The van der Waals surface area contributed by atoms with Gasteiger partial charge in [0.15, 0.2) is 11.5 Å². The summed E-state index contributed by atoms with van der Waals surface area (Å²) in [5.41, 5.74) is 0. The molecule has 0 aliphatic rings. The first-order valence-corrected chi connectivity index (χ1v) is 7.57. The van der Waals surface area contributed by atoms with Crippen molar-refractivity contribution in [2.75, 3.05) is 7.11 Å². The van der Waals surface area contributed by atoms with Crippen LogP contribution in [0.5, 0.6) is 11.5 Å². The summed E-state index contributed by atoms with van der Waals surface area (Å²) in [4.78, 5) is 23.4.